The van der Waals surface area contributed by atoms with E-state index in [9.17, 15) is 14.7 Å². The molecule has 3 aromatic carbocycles. The van der Waals surface area contributed by atoms with Crippen LogP contribution in [0.2, 0.25) is 5.02 Å². The van der Waals surface area contributed by atoms with Gasteiger partial charge in [-0.1, -0.05) is 44.1 Å². The van der Waals surface area contributed by atoms with Crippen LogP contribution in [0.25, 0.3) is 5.69 Å². The minimum Gasteiger partial charge on any atom is -0.506 e. The number of phenols is 1. The number of nitrogens with zero attached hydrogens (tertiary/aromatic N) is 5. The van der Waals surface area contributed by atoms with Crippen LogP contribution in [-0.4, -0.2) is 68.4 Å². The molecule has 242 valence electrons. The Labute approximate surface area is 281 Å². The van der Waals surface area contributed by atoms with Gasteiger partial charge in [0.15, 0.2) is 5.50 Å². The van der Waals surface area contributed by atoms with Crippen molar-refractivity contribution in [2.24, 2.45) is 0 Å². The molecule has 4 aromatic rings. The normalized spacial score (nSPS) is 17.1. The summed E-state index contributed by atoms with van der Waals surface area (Å²) in [6.07, 6.45) is 3.75. The maximum Gasteiger partial charge on any atom is 0.326 e. The first-order valence-corrected chi connectivity index (χ1v) is 16.4. The number of carbonyl (C=O) groups is 2. The van der Waals surface area contributed by atoms with Crippen molar-refractivity contribution in [2.75, 3.05) is 36.5 Å². The van der Waals surface area contributed by atoms with E-state index in [2.05, 4.69) is 10.2 Å². The second-order valence-electron chi connectivity index (χ2n) is 12.4. The average molecular weight is 673 g/mol. The van der Waals surface area contributed by atoms with Crippen molar-refractivity contribution in [3.63, 3.8) is 0 Å². The van der Waals surface area contributed by atoms with Crippen molar-refractivity contribution in [1.29, 1.82) is 0 Å². The number of aromatic hydroxyl groups is 1. The Morgan fingerprint density at radius 1 is 1.00 bits per heavy atom. The van der Waals surface area contributed by atoms with Crippen molar-refractivity contribution in [1.82, 2.24) is 19.6 Å². The van der Waals surface area contributed by atoms with Crippen LogP contribution < -0.4 is 15.0 Å². The van der Waals surface area contributed by atoms with Crippen molar-refractivity contribution in [2.45, 2.75) is 36.6 Å². The summed E-state index contributed by atoms with van der Waals surface area (Å²) in [5.41, 5.74) is 2.32. The molecule has 2 N–H and O–H groups in total. The Bertz CT molecular complexity index is 1880. The van der Waals surface area contributed by atoms with Gasteiger partial charge in [-0.25, -0.2) is 9.48 Å². The zero-order valence-electron chi connectivity index (χ0n) is 26.0. The number of hydrogen-bond donors (Lipinski definition) is 2. The summed E-state index contributed by atoms with van der Waals surface area (Å²) in [5.74, 6) is 1.33. The van der Waals surface area contributed by atoms with E-state index < -0.39 is 0 Å². The highest BCUT2D eigenvalue weighted by molar-refractivity contribution is 8.00. The number of morpholine rings is 1. The number of hydrogen-bond acceptors (Lipinski definition) is 8. The number of nitrogens with one attached hydrogen (secondary N) is 1. The molecule has 4 heterocycles. The van der Waals surface area contributed by atoms with E-state index in [4.69, 9.17) is 26.2 Å². The average Bonchev–Trinajstić information content (AvgIpc) is 3.77. The molecule has 7 rings (SSSR count). The van der Waals surface area contributed by atoms with Gasteiger partial charge in [-0.05, 0) is 54.6 Å². The fourth-order valence-electron chi connectivity index (χ4n) is 5.45. The number of anilines is 2. The number of halogens is 1. The molecule has 13 heteroatoms. The highest BCUT2D eigenvalue weighted by Crippen LogP contribution is 2.49. The molecular formula is C34H33ClN6O5S. The molecule has 0 spiro atoms. The Hall–Kier alpha value is -4.65. The highest BCUT2D eigenvalue weighted by atomic mass is 35.5. The number of phenolic OH excluding ortho intramolecular Hbond substituents is 1. The monoisotopic (exact) mass is 672 g/mol. The van der Waals surface area contributed by atoms with Crippen LogP contribution in [0.4, 0.5) is 16.3 Å². The van der Waals surface area contributed by atoms with Gasteiger partial charge in [-0.15, -0.1) is 0 Å². The van der Waals surface area contributed by atoms with Crippen LogP contribution in [0.1, 0.15) is 36.8 Å². The number of aromatic nitrogens is 2. The third-order valence-corrected chi connectivity index (χ3v) is 9.62. The lowest BCUT2D eigenvalue weighted by molar-refractivity contribution is 0.0467. The van der Waals surface area contributed by atoms with E-state index in [1.165, 1.54) is 6.07 Å². The zero-order valence-corrected chi connectivity index (χ0v) is 27.6. The predicted octanol–water partition coefficient (Wildman–Crippen LogP) is 7.01. The van der Waals surface area contributed by atoms with Crippen molar-refractivity contribution >= 4 is 46.8 Å². The van der Waals surface area contributed by atoms with Gasteiger partial charge in [0.05, 0.1) is 35.3 Å². The summed E-state index contributed by atoms with van der Waals surface area (Å²) in [6.45, 7) is 8.40. The second kappa shape index (κ2) is 12.2. The predicted molar refractivity (Wildman–Crippen MR) is 181 cm³/mol. The maximum absolute atomic E-state index is 13.3. The lowest BCUT2D eigenvalue weighted by Crippen LogP contribution is -2.49. The van der Waals surface area contributed by atoms with Crippen LogP contribution in [0, 0.1) is 0 Å². The summed E-state index contributed by atoms with van der Waals surface area (Å²) in [4.78, 5) is 33.2. The smallest absolute Gasteiger partial charge is 0.326 e. The molecule has 0 aliphatic carbocycles. The molecule has 0 bridgehead atoms. The van der Waals surface area contributed by atoms with Gasteiger partial charge in [0.2, 0.25) is 0 Å². The van der Waals surface area contributed by atoms with Crippen molar-refractivity contribution in [3.05, 3.63) is 95.4 Å². The summed E-state index contributed by atoms with van der Waals surface area (Å²) in [7, 11) is 0. The quantitative estimate of drug-likeness (QED) is 0.233. The van der Waals surface area contributed by atoms with Crippen LogP contribution >= 0.6 is 23.4 Å². The first kappa shape index (κ1) is 31.0. The molecule has 47 heavy (non-hydrogen) atoms. The molecular weight excluding hydrogens is 640 g/mol. The lowest BCUT2D eigenvalue weighted by Gasteiger charge is -2.32. The molecule has 0 radical (unpaired) electrons. The number of carbonyl (C=O) groups excluding carboxylic acids is 2. The number of rotatable bonds is 5. The first-order chi connectivity index (χ1) is 22.5. The molecule has 1 aromatic heterocycles. The van der Waals surface area contributed by atoms with Gasteiger partial charge in [0, 0.05) is 53.5 Å². The van der Waals surface area contributed by atoms with Gasteiger partial charge in [-0.2, -0.15) is 5.10 Å². The van der Waals surface area contributed by atoms with Gasteiger partial charge in [0.1, 0.15) is 23.1 Å². The van der Waals surface area contributed by atoms with Gasteiger partial charge in [-0.3, -0.25) is 9.69 Å². The van der Waals surface area contributed by atoms with E-state index in [-0.39, 0.29) is 33.6 Å². The van der Waals surface area contributed by atoms with Crippen LogP contribution in [-0.2, 0) is 10.2 Å². The van der Waals surface area contributed by atoms with Gasteiger partial charge >= 0.3 is 6.03 Å². The minimum absolute atomic E-state index is 0.0261. The SMILES string of the molecule is CC(C)(C)c1cc(NC(=O)c2ccc(Oc3ccc4c(c3)N3C=CN(C(=O)N5CCOCC5)C3S4)cc2)n(-c2ccc(O)c(Cl)c2)n1. The Morgan fingerprint density at radius 2 is 1.74 bits per heavy atom. The van der Waals surface area contributed by atoms with Crippen molar-refractivity contribution in [3.8, 4) is 22.9 Å². The molecule has 3 amide bonds. The van der Waals surface area contributed by atoms with E-state index in [0.29, 0.717) is 54.9 Å². The summed E-state index contributed by atoms with van der Waals surface area (Å²) < 4.78 is 13.2. The van der Waals surface area contributed by atoms with E-state index in [1.807, 2.05) is 62.3 Å². The summed E-state index contributed by atoms with van der Waals surface area (Å²) in [6, 6.07) is 19.3. The lowest BCUT2D eigenvalue weighted by atomic mass is 9.92. The molecule has 3 aliphatic rings. The van der Waals surface area contributed by atoms with E-state index in [1.54, 1.807) is 57.7 Å². The molecule has 1 saturated heterocycles. The van der Waals surface area contributed by atoms with Crippen LogP contribution in [0.15, 0.2) is 84.0 Å². The van der Waals surface area contributed by atoms with E-state index >= 15 is 0 Å². The van der Waals surface area contributed by atoms with Crippen LogP contribution in [0.5, 0.6) is 17.2 Å². The second-order valence-corrected chi connectivity index (χ2v) is 13.9. The van der Waals surface area contributed by atoms with Crippen LogP contribution in [0.3, 0.4) is 0 Å². The fraction of sp³-hybridized carbons (Fsp3) is 0.265. The molecule has 1 atom stereocenters. The third kappa shape index (κ3) is 6.11. The number of thioether (sulfide) groups is 1. The Kier molecular flexibility index (Phi) is 8.03. The number of fused-ring (bicyclic) bond motifs is 3. The molecule has 11 nitrogen and oxygen atoms in total. The number of amides is 3. The Morgan fingerprint density at radius 3 is 2.47 bits per heavy atom. The summed E-state index contributed by atoms with van der Waals surface area (Å²) in [5, 5.41) is 17.8. The maximum atomic E-state index is 13.3. The van der Waals surface area contributed by atoms with Gasteiger partial charge < -0.3 is 29.7 Å². The number of ether oxygens (including phenoxy) is 2. The molecule has 1 fully saturated rings. The fourth-order valence-corrected chi connectivity index (χ4v) is 6.85. The largest absolute Gasteiger partial charge is 0.506 e. The summed E-state index contributed by atoms with van der Waals surface area (Å²) >= 11 is 7.78. The standard InChI is InChI=1S/C34H33ClN6O5S/c1-34(2,3)29-20-30(41(37-29)22-6-10-27(42)25(35)18-22)36-31(43)21-4-7-23(8-5-21)46-24-9-11-28-26(19-24)39-12-13-40(33(39)47-28)32(44)38-14-16-45-17-15-38/h4-13,18-20,33,42H,14-17H2,1-3H3,(H,36,43). The molecule has 0 saturated carbocycles. The Balaban J connectivity index is 1.04. The molecule has 1 unspecified atom stereocenters. The van der Waals surface area contributed by atoms with Gasteiger partial charge in [0.25, 0.3) is 5.91 Å². The third-order valence-electron chi connectivity index (χ3n) is 8.05. The number of urea groups is 1. The van der Waals surface area contributed by atoms with E-state index in [0.717, 1.165) is 16.3 Å². The first-order valence-electron chi connectivity index (χ1n) is 15.2. The highest BCUT2D eigenvalue weighted by Gasteiger charge is 2.40. The minimum atomic E-state index is -0.319. The molecule has 3 aliphatic heterocycles. The van der Waals surface area contributed by atoms with Crippen molar-refractivity contribution < 1.29 is 24.2 Å². The number of benzene rings is 3. The zero-order chi connectivity index (χ0) is 32.9. The topological polar surface area (TPSA) is 112 Å².